The number of fused-ring (bicyclic) bond motifs is 4. The lowest BCUT2D eigenvalue weighted by molar-refractivity contribution is -0.143. The lowest BCUT2D eigenvalue weighted by atomic mass is 9.76. The fraction of sp³-hybridized carbons (Fsp3) is 0.296. The zero-order valence-corrected chi connectivity index (χ0v) is 19.3. The van der Waals surface area contributed by atoms with E-state index in [2.05, 4.69) is 0 Å². The molecule has 34 heavy (non-hydrogen) atoms. The third kappa shape index (κ3) is 3.48. The quantitative estimate of drug-likeness (QED) is 0.558. The molecular weight excluding hydrogens is 436 g/mol. The van der Waals surface area contributed by atoms with Crippen LogP contribution >= 0.6 is 0 Å². The second kappa shape index (κ2) is 8.48. The van der Waals surface area contributed by atoms with Gasteiger partial charge in [0, 0.05) is 23.1 Å². The van der Waals surface area contributed by atoms with Gasteiger partial charge in [-0.15, -0.1) is 0 Å². The van der Waals surface area contributed by atoms with Crippen molar-refractivity contribution in [2.75, 3.05) is 27.9 Å². The number of methoxy groups -OCH3 is 3. The van der Waals surface area contributed by atoms with E-state index in [0.717, 1.165) is 46.2 Å². The van der Waals surface area contributed by atoms with Gasteiger partial charge in [-0.1, -0.05) is 6.07 Å². The van der Waals surface area contributed by atoms with Crippen LogP contribution in [0.15, 0.2) is 42.5 Å². The third-order valence-electron chi connectivity index (χ3n) is 6.80. The molecule has 1 aliphatic heterocycles. The van der Waals surface area contributed by atoms with Gasteiger partial charge in [0.25, 0.3) is 0 Å². The third-order valence-corrected chi connectivity index (χ3v) is 6.80. The minimum absolute atomic E-state index is 0.0269. The van der Waals surface area contributed by atoms with Crippen LogP contribution in [0.4, 0.5) is 0 Å². The van der Waals surface area contributed by atoms with Crippen molar-refractivity contribution in [2.45, 2.75) is 24.7 Å². The van der Waals surface area contributed by atoms with Crippen LogP contribution in [0.2, 0.25) is 0 Å². The predicted octanol–water partition coefficient (Wildman–Crippen LogP) is 4.31. The van der Waals surface area contributed by atoms with E-state index in [1.165, 1.54) is 14.2 Å². The molecule has 3 aromatic rings. The van der Waals surface area contributed by atoms with Crippen molar-refractivity contribution < 1.29 is 34.0 Å². The summed E-state index contributed by atoms with van der Waals surface area (Å²) in [6.45, 7) is 0.285. The Bertz CT molecular complexity index is 1260. The van der Waals surface area contributed by atoms with Gasteiger partial charge in [-0.2, -0.15) is 0 Å². The molecule has 3 aromatic carbocycles. The average Bonchev–Trinajstić information content (AvgIpc) is 2.85. The largest absolute Gasteiger partial charge is 0.508 e. The number of ether oxygens (including phenoxy) is 4. The lowest BCUT2D eigenvalue weighted by Crippen LogP contribution is -2.31. The number of esters is 1. The van der Waals surface area contributed by atoms with E-state index < -0.39 is 5.92 Å². The minimum Gasteiger partial charge on any atom is -0.508 e. The van der Waals surface area contributed by atoms with E-state index in [4.69, 9.17) is 18.9 Å². The number of phenolic OH excluding ortho intramolecular Hbond substituents is 2. The molecule has 1 heterocycles. The Hall–Kier alpha value is -3.87. The molecule has 0 bridgehead atoms. The van der Waals surface area contributed by atoms with Crippen molar-refractivity contribution in [3.05, 3.63) is 64.7 Å². The first kappa shape index (κ1) is 21.9. The Morgan fingerprint density at radius 1 is 0.941 bits per heavy atom. The Kier molecular flexibility index (Phi) is 5.48. The van der Waals surface area contributed by atoms with Gasteiger partial charge in [0.1, 0.15) is 17.2 Å². The summed E-state index contributed by atoms with van der Waals surface area (Å²) < 4.78 is 22.3. The van der Waals surface area contributed by atoms with E-state index in [-0.39, 0.29) is 30.0 Å². The standard InChI is InChI=1S/C27H26O7/c1-31-23-10-15(6-7-21(23)29)20-13-34-22-9-14-4-5-16-8-17(28)11-24(32-2)25(16)18(14)12-19(22)26(20)27(30)33-3/h6-12,20,26,28-29H,4-5,13H2,1-3H3. The Morgan fingerprint density at radius 2 is 1.71 bits per heavy atom. The monoisotopic (exact) mass is 462 g/mol. The lowest BCUT2D eigenvalue weighted by Gasteiger charge is -2.34. The molecule has 0 amide bonds. The van der Waals surface area contributed by atoms with E-state index in [9.17, 15) is 15.0 Å². The Morgan fingerprint density at radius 3 is 2.44 bits per heavy atom. The number of phenols is 2. The summed E-state index contributed by atoms with van der Waals surface area (Å²) in [5.41, 5.74) is 5.51. The number of hydrogen-bond donors (Lipinski definition) is 2. The number of hydrogen-bond acceptors (Lipinski definition) is 7. The summed E-state index contributed by atoms with van der Waals surface area (Å²) in [6.07, 6.45) is 1.55. The van der Waals surface area contributed by atoms with Gasteiger partial charge in [0.2, 0.25) is 0 Å². The van der Waals surface area contributed by atoms with Gasteiger partial charge in [0.05, 0.1) is 33.9 Å². The van der Waals surface area contributed by atoms with E-state index >= 15 is 0 Å². The van der Waals surface area contributed by atoms with Crippen LogP contribution < -0.4 is 14.2 Å². The fourth-order valence-electron chi connectivity index (χ4n) is 5.16. The Balaban J connectivity index is 1.67. The smallest absolute Gasteiger partial charge is 0.314 e. The molecule has 7 nitrogen and oxygen atoms in total. The molecule has 1 aliphatic carbocycles. The maximum Gasteiger partial charge on any atom is 0.314 e. The number of rotatable bonds is 4. The summed E-state index contributed by atoms with van der Waals surface area (Å²) in [4.78, 5) is 13.1. The summed E-state index contributed by atoms with van der Waals surface area (Å²) in [5, 5.41) is 20.1. The molecular formula is C27H26O7. The Labute approximate surface area is 197 Å². The highest BCUT2D eigenvalue weighted by Gasteiger charge is 2.39. The highest BCUT2D eigenvalue weighted by atomic mass is 16.5. The molecule has 0 spiro atoms. The molecule has 0 radical (unpaired) electrons. The summed E-state index contributed by atoms with van der Waals surface area (Å²) in [7, 11) is 4.44. The molecule has 7 heteroatoms. The summed E-state index contributed by atoms with van der Waals surface area (Å²) in [6, 6.07) is 12.4. The van der Waals surface area contributed by atoms with Crippen molar-refractivity contribution in [2.24, 2.45) is 0 Å². The van der Waals surface area contributed by atoms with Crippen LogP contribution in [0.5, 0.6) is 28.7 Å². The van der Waals surface area contributed by atoms with Crippen molar-refractivity contribution in [3.63, 3.8) is 0 Å². The van der Waals surface area contributed by atoms with E-state index in [1.807, 2.05) is 12.1 Å². The van der Waals surface area contributed by atoms with Crippen LogP contribution in [0.3, 0.4) is 0 Å². The molecule has 2 aliphatic rings. The van der Waals surface area contributed by atoms with E-state index in [0.29, 0.717) is 17.2 Å². The molecule has 5 rings (SSSR count). The number of carbonyl (C=O) groups is 1. The van der Waals surface area contributed by atoms with Gasteiger partial charge in [-0.3, -0.25) is 4.79 Å². The molecule has 2 atom stereocenters. The molecule has 0 saturated carbocycles. The number of carbonyl (C=O) groups excluding carboxylic acids is 1. The number of aryl methyl sites for hydroxylation is 2. The first-order valence-corrected chi connectivity index (χ1v) is 11.1. The molecule has 0 aromatic heterocycles. The van der Waals surface area contributed by atoms with Crippen molar-refractivity contribution in [1.29, 1.82) is 0 Å². The summed E-state index contributed by atoms with van der Waals surface area (Å²) >= 11 is 0. The van der Waals surface area contributed by atoms with Crippen molar-refractivity contribution in [1.82, 2.24) is 0 Å². The zero-order valence-electron chi connectivity index (χ0n) is 19.3. The molecule has 0 saturated heterocycles. The molecule has 2 unspecified atom stereocenters. The van der Waals surface area contributed by atoms with Gasteiger partial charge in [0.15, 0.2) is 11.5 Å². The van der Waals surface area contributed by atoms with Gasteiger partial charge >= 0.3 is 5.97 Å². The minimum atomic E-state index is -0.609. The van der Waals surface area contributed by atoms with Crippen LogP contribution in [0.25, 0.3) is 11.1 Å². The van der Waals surface area contributed by atoms with Crippen LogP contribution in [-0.4, -0.2) is 44.1 Å². The highest BCUT2D eigenvalue weighted by molar-refractivity contribution is 5.85. The predicted molar refractivity (Wildman–Crippen MR) is 125 cm³/mol. The molecule has 176 valence electrons. The van der Waals surface area contributed by atoms with Crippen LogP contribution in [0, 0.1) is 0 Å². The fourth-order valence-corrected chi connectivity index (χ4v) is 5.16. The van der Waals surface area contributed by atoms with Gasteiger partial charge < -0.3 is 29.2 Å². The second-order valence-corrected chi connectivity index (χ2v) is 8.58. The maximum absolute atomic E-state index is 13.1. The van der Waals surface area contributed by atoms with Crippen LogP contribution in [0.1, 0.15) is 34.1 Å². The second-order valence-electron chi connectivity index (χ2n) is 8.58. The first-order chi connectivity index (χ1) is 16.4. The van der Waals surface area contributed by atoms with Crippen molar-refractivity contribution >= 4 is 5.97 Å². The number of benzene rings is 3. The number of aromatic hydroxyl groups is 2. The van der Waals surface area contributed by atoms with Crippen LogP contribution in [-0.2, 0) is 22.4 Å². The van der Waals surface area contributed by atoms with E-state index in [1.54, 1.807) is 37.4 Å². The molecule has 0 fully saturated rings. The van der Waals surface area contributed by atoms with Crippen molar-refractivity contribution in [3.8, 4) is 39.9 Å². The SMILES string of the molecule is COC(=O)C1c2cc3c(cc2OCC1c1ccc(O)c(OC)c1)CCc1cc(O)cc(OC)c1-3. The average molecular weight is 462 g/mol. The van der Waals surface area contributed by atoms with Gasteiger partial charge in [-0.25, -0.2) is 0 Å². The topological polar surface area (TPSA) is 94.5 Å². The molecule has 2 N–H and O–H groups in total. The normalized spacial score (nSPS) is 18.1. The zero-order chi connectivity index (χ0) is 24.0. The maximum atomic E-state index is 13.1. The van der Waals surface area contributed by atoms with Gasteiger partial charge in [-0.05, 0) is 65.4 Å². The first-order valence-electron chi connectivity index (χ1n) is 11.1. The highest BCUT2D eigenvalue weighted by Crippen LogP contribution is 2.49. The summed E-state index contributed by atoms with van der Waals surface area (Å²) in [5.74, 6) is 0.456.